The lowest BCUT2D eigenvalue weighted by molar-refractivity contribution is 0.425. The lowest BCUT2D eigenvalue weighted by atomic mass is 10.5. The molecule has 72 valence electrons. The zero-order valence-electron chi connectivity index (χ0n) is 8.41. The highest BCUT2D eigenvalue weighted by atomic mass is 15.1. The summed E-state index contributed by atoms with van der Waals surface area (Å²) in [5, 5.41) is 3.20. The fraction of sp³-hybridized carbons (Fsp3) is 0.556. The van der Waals surface area contributed by atoms with Gasteiger partial charge in [-0.05, 0) is 21.0 Å². The summed E-state index contributed by atoms with van der Waals surface area (Å²) in [4.78, 5) is 10.4. The summed E-state index contributed by atoms with van der Waals surface area (Å²) in [7, 11) is 4.09. The van der Waals surface area contributed by atoms with Crippen molar-refractivity contribution in [2.24, 2.45) is 0 Å². The Morgan fingerprint density at radius 3 is 2.77 bits per heavy atom. The number of likely N-dealkylation sites (N-methyl/N-ethyl adjacent to an activating group) is 1. The maximum absolute atomic E-state index is 4.28. The first-order valence-corrected chi connectivity index (χ1v) is 4.36. The monoisotopic (exact) mass is 180 g/mol. The van der Waals surface area contributed by atoms with E-state index in [1.807, 2.05) is 21.0 Å². The predicted octanol–water partition coefficient (Wildman–Crippen LogP) is 0.759. The van der Waals surface area contributed by atoms with E-state index in [1.165, 1.54) is 0 Å². The Morgan fingerprint density at radius 1 is 1.38 bits per heavy atom. The van der Waals surface area contributed by atoms with Gasteiger partial charge in [0.1, 0.15) is 5.82 Å². The standard InChI is InChI=1S/C9H16N4/c1-8-6-10-7-9(12-8)11-4-5-13(2)3/h6-7H,4-5H2,1-3H3,(H,11,12). The molecule has 1 aromatic heterocycles. The van der Waals surface area contributed by atoms with Gasteiger partial charge in [-0.1, -0.05) is 0 Å². The third kappa shape index (κ3) is 3.85. The van der Waals surface area contributed by atoms with Crippen LogP contribution in [0.3, 0.4) is 0 Å². The normalized spacial score (nSPS) is 10.5. The molecule has 0 radical (unpaired) electrons. The Balaban J connectivity index is 2.37. The second kappa shape index (κ2) is 4.77. The average Bonchev–Trinajstić information content (AvgIpc) is 2.03. The number of rotatable bonds is 4. The van der Waals surface area contributed by atoms with Crippen LogP contribution in [0.1, 0.15) is 5.69 Å². The molecule has 0 fully saturated rings. The first kappa shape index (κ1) is 9.92. The Labute approximate surface area is 79.0 Å². The van der Waals surface area contributed by atoms with Crippen molar-refractivity contribution in [2.45, 2.75) is 6.92 Å². The fourth-order valence-electron chi connectivity index (χ4n) is 0.956. The Kier molecular flexibility index (Phi) is 3.64. The SMILES string of the molecule is Cc1cncc(NCCN(C)C)n1. The molecule has 1 N–H and O–H groups in total. The summed E-state index contributed by atoms with van der Waals surface area (Å²) in [6.07, 6.45) is 3.49. The molecule has 0 aromatic carbocycles. The van der Waals surface area contributed by atoms with Crippen molar-refractivity contribution in [3.8, 4) is 0 Å². The highest BCUT2D eigenvalue weighted by Gasteiger charge is 1.94. The van der Waals surface area contributed by atoms with E-state index < -0.39 is 0 Å². The van der Waals surface area contributed by atoms with Crippen LogP contribution >= 0.6 is 0 Å². The maximum Gasteiger partial charge on any atom is 0.144 e. The number of aromatic nitrogens is 2. The Hall–Kier alpha value is -1.16. The highest BCUT2D eigenvalue weighted by molar-refractivity contribution is 5.31. The van der Waals surface area contributed by atoms with E-state index in [1.54, 1.807) is 12.4 Å². The molecular formula is C9H16N4. The molecule has 1 heterocycles. The Morgan fingerprint density at radius 2 is 2.15 bits per heavy atom. The Bertz CT molecular complexity index is 260. The number of hydrogen-bond acceptors (Lipinski definition) is 4. The minimum Gasteiger partial charge on any atom is -0.368 e. The zero-order valence-corrected chi connectivity index (χ0v) is 8.41. The van der Waals surface area contributed by atoms with Crippen LogP contribution < -0.4 is 5.32 Å². The summed E-state index contributed by atoms with van der Waals surface area (Å²) in [6, 6.07) is 0. The molecule has 0 spiro atoms. The van der Waals surface area contributed by atoms with E-state index in [0.717, 1.165) is 24.6 Å². The van der Waals surface area contributed by atoms with Crippen LogP contribution in [0.5, 0.6) is 0 Å². The van der Waals surface area contributed by atoms with E-state index in [9.17, 15) is 0 Å². The average molecular weight is 180 g/mol. The van der Waals surface area contributed by atoms with Crippen molar-refractivity contribution < 1.29 is 0 Å². The maximum atomic E-state index is 4.28. The molecule has 1 rings (SSSR count). The molecule has 0 aliphatic rings. The number of nitrogens with zero attached hydrogens (tertiary/aromatic N) is 3. The van der Waals surface area contributed by atoms with Gasteiger partial charge in [0.25, 0.3) is 0 Å². The minimum absolute atomic E-state index is 0.849. The third-order valence-corrected chi connectivity index (χ3v) is 1.62. The molecular weight excluding hydrogens is 164 g/mol. The van der Waals surface area contributed by atoms with Gasteiger partial charge in [-0.25, -0.2) is 4.98 Å². The van der Waals surface area contributed by atoms with E-state index in [-0.39, 0.29) is 0 Å². The summed E-state index contributed by atoms with van der Waals surface area (Å²) >= 11 is 0. The first-order valence-electron chi connectivity index (χ1n) is 4.36. The van der Waals surface area contributed by atoms with Crippen molar-refractivity contribution in [1.82, 2.24) is 14.9 Å². The van der Waals surface area contributed by atoms with Gasteiger partial charge in [-0.15, -0.1) is 0 Å². The molecule has 0 aliphatic heterocycles. The molecule has 0 bridgehead atoms. The lowest BCUT2D eigenvalue weighted by Gasteiger charge is -2.10. The van der Waals surface area contributed by atoms with E-state index in [0.29, 0.717) is 0 Å². The molecule has 0 saturated heterocycles. The van der Waals surface area contributed by atoms with Crippen molar-refractivity contribution in [1.29, 1.82) is 0 Å². The van der Waals surface area contributed by atoms with Gasteiger partial charge in [0.15, 0.2) is 0 Å². The van der Waals surface area contributed by atoms with Crippen molar-refractivity contribution >= 4 is 5.82 Å². The molecule has 0 saturated carbocycles. The van der Waals surface area contributed by atoms with E-state index in [4.69, 9.17) is 0 Å². The number of nitrogens with one attached hydrogen (secondary N) is 1. The van der Waals surface area contributed by atoms with Crippen LogP contribution in [0, 0.1) is 6.92 Å². The highest BCUT2D eigenvalue weighted by Crippen LogP contribution is 1.99. The largest absolute Gasteiger partial charge is 0.368 e. The number of hydrogen-bond donors (Lipinski definition) is 1. The van der Waals surface area contributed by atoms with Gasteiger partial charge in [-0.3, -0.25) is 4.98 Å². The quantitative estimate of drug-likeness (QED) is 0.742. The fourth-order valence-corrected chi connectivity index (χ4v) is 0.956. The summed E-state index contributed by atoms with van der Waals surface area (Å²) < 4.78 is 0. The molecule has 4 heteroatoms. The lowest BCUT2D eigenvalue weighted by Crippen LogP contribution is -2.21. The van der Waals surface area contributed by atoms with E-state index in [2.05, 4.69) is 20.2 Å². The molecule has 0 atom stereocenters. The summed E-state index contributed by atoms with van der Waals surface area (Å²) in [5.74, 6) is 0.849. The van der Waals surface area contributed by atoms with Gasteiger partial charge in [0, 0.05) is 19.3 Å². The van der Waals surface area contributed by atoms with Crippen LogP contribution in [0.15, 0.2) is 12.4 Å². The smallest absolute Gasteiger partial charge is 0.144 e. The molecule has 0 amide bonds. The zero-order chi connectivity index (χ0) is 9.68. The van der Waals surface area contributed by atoms with Gasteiger partial charge < -0.3 is 10.2 Å². The molecule has 13 heavy (non-hydrogen) atoms. The third-order valence-electron chi connectivity index (χ3n) is 1.62. The number of anilines is 1. The van der Waals surface area contributed by atoms with Crippen LogP contribution in [-0.2, 0) is 0 Å². The summed E-state index contributed by atoms with van der Waals surface area (Å²) in [5.41, 5.74) is 0.940. The molecule has 0 aliphatic carbocycles. The van der Waals surface area contributed by atoms with Crippen molar-refractivity contribution in [3.05, 3.63) is 18.1 Å². The predicted molar refractivity (Wildman–Crippen MR) is 53.8 cm³/mol. The first-order chi connectivity index (χ1) is 6.18. The van der Waals surface area contributed by atoms with Crippen LogP contribution in [-0.4, -0.2) is 42.1 Å². The van der Waals surface area contributed by atoms with E-state index >= 15 is 0 Å². The topological polar surface area (TPSA) is 41.1 Å². The van der Waals surface area contributed by atoms with Crippen LogP contribution in [0.4, 0.5) is 5.82 Å². The van der Waals surface area contributed by atoms with Crippen molar-refractivity contribution in [2.75, 3.05) is 32.5 Å². The van der Waals surface area contributed by atoms with Crippen LogP contribution in [0.25, 0.3) is 0 Å². The second-order valence-electron chi connectivity index (χ2n) is 3.28. The van der Waals surface area contributed by atoms with Gasteiger partial charge in [0.05, 0.1) is 11.9 Å². The molecule has 0 unspecified atom stereocenters. The van der Waals surface area contributed by atoms with Crippen molar-refractivity contribution in [3.63, 3.8) is 0 Å². The second-order valence-corrected chi connectivity index (χ2v) is 3.28. The molecule has 4 nitrogen and oxygen atoms in total. The van der Waals surface area contributed by atoms with Gasteiger partial charge in [0.2, 0.25) is 0 Å². The van der Waals surface area contributed by atoms with Gasteiger partial charge in [-0.2, -0.15) is 0 Å². The summed E-state index contributed by atoms with van der Waals surface area (Å²) in [6.45, 7) is 3.82. The molecule has 1 aromatic rings. The number of aryl methyl sites for hydroxylation is 1. The minimum atomic E-state index is 0.849. The van der Waals surface area contributed by atoms with Crippen LogP contribution in [0.2, 0.25) is 0 Å². The van der Waals surface area contributed by atoms with Gasteiger partial charge >= 0.3 is 0 Å².